The second kappa shape index (κ2) is 4.98. The van der Waals surface area contributed by atoms with Gasteiger partial charge in [0.1, 0.15) is 6.04 Å². The monoisotopic (exact) mass is 326 g/mol. The van der Waals surface area contributed by atoms with Crippen LogP contribution in [0.15, 0.2) is 34.7 Å². The summed E-state index contributed by atoms with van der Waals surface area (Å²) in [4.78, 5) is 3.26. The maximum absolute atomic E-state index is 12.0. The molecule has 0 amide bonds. The molecular formula is C13H14N2O2S3. The number of sulfonamides is 1. The number of thiophene rings is 2. The molecule has 4 nitrogen and oxygen atoms in total. The number of aryl methyl sites for hydroxylation is 1. The SMILES string of the molecule is Cc1ccc(C2CC(c3cccs3)=NN2S(C)(=O)=O)s1. The van der Waals surface area contributed by atoms with Crippen LogP contribution in [0.25, 0.3) is 0 Å². The van der Waals surface area contributed by atoms with Gasteiger partial charge in [-0.3, -0.25) is 0 Å². The molecular weight excluding hydrogens is 312 g/mol. The summed E-state index contributed by atoms with van der Waals surface area (Å²) < 4.78 is 25.2. The van der Waals surface area contributed by atoms with Crippen LogP contribution in [0, 0.1) is 6.92 Å². The minimum absolute atomic E-state index is 0.208. The van der Waals surface area contributed by atoms with Gasteiger partial charge in [0.25, 0.3) is 0 Å². The summed E-state index contributed by atoms with van der Waals surface area (Å²) in [5.41, 5.74) is 0.849. The van der Waals surface area contributed by atoms with Crippen molar-refractivity contribution in [1.29, 1.82) is 0 Å². The van der Waals surface area contributed by atoms with Crippen molar-refractivity contribution in [2.75, 3.05) is 6.26 Å². The molecule has 0 spiro atoms. The number of nitrogens with zero attached hydrogens (tertiary/aromatic N) is 2. The van der Waals surface area contributed by atoms with Gasteiger partial charge in [0, 0.05) is 16.2 Å². The quantitative estimate of drug-likeness (QED) is 0.869. The molecule has 1 atom stereocenters. The van der Waals surface area contributed by atoms with E-state index in [1.54, 1.807) is 22.7 Å². The van der Waals surface area contributed by atoms with Crippen molar-refractivity contribution in [1.82, 2.24) is 4.41 Å². The highest BCUT2D eigenvalue weighted by molar-refractivity contribution is 7.88. The van der Waals surface area contributed by atoms with E-state index < -0.39 is 10.0 Å². The van der Waals surface area contributed by atoms with Crippen LogP contribution < -0.4 is 0 Å². The standard InChI is InChI=1S/C13H14N2O2S3/c1-9-5-6-13(19-9)11-8-10(12-4-3-7-18-12)14-15(11)20(2,16)17/h3-7,11H,8H2,1-2H3. The maximum atomic E-state index is 12.0. The predicted octanol–water partition coefficient (Wildman–Crippen LogP) is 3.23. The molecule has 0 aromatic carbocycles. The van der Waals surface area contributed by atoms with Crippen molar-refractivity contribution in [2.24, 2.45) is 5.10 Å². The molecule has 1 aliphatic rings. The van der Waals surface area contributed by atoms with Crippen molar-refractivity contribution < 1.29 is 8.42 Å². The summed E-state index contributed by atoms with van der Waals surface area (Å²) in [5.74, 6) is 0. The fraction of sp³-hybridized carbons (Fsp3) is 0.308. The zero-order valence-electron chi connectivity index (χ0n) is 11.1. The number of hydrogen-bond donors (Lipinski definition) is 0. The molecule has 3 rings (SSSR count). The van der Waals surface area contributed by atoms with Crippen molar-refractivity contribution in [3.05, 3.63) is 44.3 Å². The smallest absolute Gasteiger partial charge is 0.205 e. The molecule has 1 aliphatic heterocycles. The molecule has 2 aromatic rings. The molecule has 0 N–H and O–H groups in total. The predicted molar refractivity (Wildman–Crippen MR) is 84.0 cm³/mol. The molecule has 0 fully saturated rings. The second-order valence-corrected chi connectivity index (χ2v) is 8.84. The van der Waals surface area contributed by atoms with E-state index in [1.165, 1.54) is 15.5 Å². The molecule has 3 heterocycles. The van der Waals surface area contributed by atoms with Crippen LogP contribution >= 0.6 is 22.7 Å². The Bertz CT molecular complexity index is 744. The summed E-state index contributed by atoms with van der Waals surface area (Å²) in [6.45, 7) is 2.02. The normalized spacial score (nSPS) is 19.4. The van der Waals surface area contributed by atoms with Crippen LogP contribution in [0.5, 0.6) is 0 Å². The first-order valence-corrected chi connectivity index (χ1v) is 9.66. The second-order valence-electron chi connectivity index (χ2n) is 4.73. The highest BCUT2D eigenvalue weighted by Gasteiger charge is 2.35. The highest BCUT2D eigenvalue weighted by Crippen LogP contribution is 2.38. The van der Waals surface area contributed by atoms with E-state index in [0.29, 0.717) is 6.42 Å². The van der Waals surface area contributed by atoms with Crippen LogP contribution in [0.1, 0.15) is 27.1 Å². The molecule has 0 aliphatic carbocycles. The Labute approximate surface area is 126 Å². The third kappa shape index (κ3) is 2.53. The molecule has 0 saturated heterocycles. The molecule has 2 aromatic heterocycles. The van der Waals surface area contributed by atoms with Gasteiger partial charge in [0.05, 0.1) is 16.8 Å². The topological polar surface area (TPSA) is 49.7 Å². The van der Waals surface area contributed by atoms with Gasteiger partial charge >= 0.3 is 0 Å². The van der Waals surface area contributed by atoms with E-state index in [-0.39, 0.29) is 6.04 Å². The van der Waals surface area contributed by atoms with Gasteiger partial charge in [-0.25, -0.2) is 8.42 Å². The van der Waals surface area contributed by atoms with Gasteiger partial charge in [-0.15, -0.1) is 22.7 Å². The Kier molecular flexibility index (Phi) is 3.43. The minimum Gasteiger partial charge on any atom is -0.205 e. The van der Waals surface area contributed by atoms with Gasteiger partial charge < -0.3 is 0 Å². The lowest BCUT2D eigenvalue weighted by Gasteiger charge is -2.19. The third-order valence-corrected chi connectivity index (χ3v) is 6.14. The first-order valence-electron chi connectivity index (χ1n) is 6.12. The van der Waals surface area contributed by atoms with E-state index in [1.807, 2.05) is 36.6 Å². The summed E-state index contributed by atoms with van der Waals surface area (Å²) in [7, 11) is -3.36. The Hall–Kier alpha value is -1.18. The zero-order valence-corrected chi connectivity index (χ0v) is 13.6. The fourth-order valence-electron chi connectivity index (χ4n) is 2.23. The van der Waals surface area contributed by atoms with Crippen LogP contribution in [0.3, 0.4) is 0 Å². The Morgan fingerprint density at radius 1 is 1.35 bits per heavy atom. The first kappa shape index (κ1) is 13.8. The minimum atomic E-state index is -3.36. The Balaban J connectivity index is 2.00. The molecule has 1 unspecified atom stereocenters. The van der Waals surface area contributed by atoms with Crippen molar-refractivity contribution in [2.45, 2.75) is 19.4 Å². The fourth-order valence-corrected chi connectivity index (χ4v) is 4.88. The average Bonchev–Trinajstić information content (AvgIpc) is 3.06. The van der Waals surface area contributed by atoms with E-state index >= 15 is 0 Å². The van der Waals surface area contributed by atoms with Gasteiger partial charge in [-0.2, -0.15) is 9.52 Å². The van der Waals surface area contributed by atoms with E-state index in [9.17, 15) is 8.42 Å². The van der Waals surface area contributed by atoms with Crippen LogP contribution in [-0.4, -0.2) is 24.8 Å². The lowest BCUT2D eigenvalue weighted by molar-refractivity contribution is 0.379. The highest BCUT2D eigenvalue weighted by atomic mass is 32.2. The third-order valence-electron chi connectivity index (χ3n) is 3.11. The average molecular weight is 326 g/mol. The van der Waals surface area contributed by atoms with Crippen molar-refractivity contribution >= 4 is 38.4 Å². The lowest BCUT2D eigenvalue weighted by Crippen LogP contribution is -2.25. The zero-order chi connectivity index (χ0) is 14.3. The molecule has 20 heavy (non-hydrogen) atoms. The molecule has 7 heteroatoms. The van der Waals surface area contributed by atoms with Crippen LogP contribution in [0.2, 0.25) is 0 Å². The number of rotatable bonds is 3. The molecule has 0 radical (unpaired) electrons. The summed E-state index contributed by atoms with van der Waals surface area (Å²) in [5, 5.41) is 6.33. The summed E-state index contributed by atoms with van der Waals surface area (Å²) in [6.07, 6.45) is 1.84. The summed E-state index contributed by atoms with van der Waals surface area (Å²) >= 11 is 3.21. The first-order chi connectivity index (χ1) is 9.45. The van der Waals surface area contributed by atoms with E-state index in [4.69, 9.17) is 0 Å². The van der Waals surface area contributed by atoms with Crippen LogP contribution in [0.4, 0.5) is 0 Å². The van der Waals surface area contributed by atoms with Crippen molar-refractivity contribution in [3.63, 3.8) is 0 Å². The Morgan fingerprint density at radius 2 is 2.15 bits per heavy atom. The molecule has 0 bridgehead atoms. The van der Waals surface area contributed by atoms with E-state index in [2.05, 4.69) is 5.10 Å². The largest absolute Gasteiger partial charge is 0.247 e. The number of hydrogen-bond acceptors (Lipinski definition) is 5. The van der Waals surface area contributed by atoms with Crippen molar-refractivity contribution in [3.8, 4) is 0 Å². The van der Waals surface area contributed by atoms with E-state index in [0.717, 1.165) is 15.5 Å². The maximum Gasteiger partial charge on any atom is 0.247 e. The van der Waals surface area contributed by atoms with Gasteiger partial charge in [0.15, 0.2) is 0 Å². The van der Waals surface area contributed by atoms with Gasteiger partial charge in [-0.05, 0) is 30.5 Å². The lowest BCUT2D eigenvalue weighted by atomic mass is 10.1. The summed E-state index contributed by atoms with van der Waals surface area (Å²) in [6, 6.07) is 7.74. The number of hydrazone groups is 1. The molecule has 106 valence electrons. The molecule has 0 saturated carbocycles. The van der Waals surface area contributed by atoms with Crippen LogP contribution in [-0.2, 0) is 10.0 Å². The van der Waals surface area contributed by atoms with Gasteiger partial charge in [0.2, 0.25) is 10.0 Å². The Morgan fingerprint density at radius 3 is 2.70 bits per heavy atom. The van der Waals surface area contributed by atoms with Gasteiger partial charge in [-0.1, -0.05) is 6.07 Å².